The van der Waals surface area contributed by atoms with Crippen molar-refractivity contribution in [3.8, 4) is 0 Å². The van der Waals surface area contributed by atoms with Crippen molar-refractivity contribution in [2.24, 2.45) is 5.14 Å². The molecule has 0 aliphatic heterocycles. The molecule has 8 heteroatoms. The zero-order chi connectivity index (χ0) is 13.9. The van der Waals surface area contributed by atoms with Gasteiger partial charge in [0, 0.05) is 5.69 Å². The molecule has 1 aromatic carbocycles. The van der Waals surface area contributed by atoms with Crippen LogP contribution in [0.3, 0.4) is 0 Å². The monoisotopic (exact) mass is 297 g/mol. The largest absolute Gasteiger partial charge is 0.324 e. The number of urea groups is 1. The van der Waals surface area contributed by atoms with Gasteiger partial charge in [-0.05, 0) is 35.7 Å². The van der Waals surface area contributed by atoms with Crippen LogP contribution in [0.4, 0.5) is 15.5 Å². The van der Waals surface area contributed by atoms with Gasteiger partial charge >= 0.3 is 6.03 Å². The van der Waals surface area contributed by atoms with Crippen LogP contribution >= 0.6 is 11.3 Å². The molecule has 19 heavy (non-hydrogen) atoms. The van der Waals surface area contributed by atoms with Crippen LogP contribution in [-0.2, 0) is 10.0 Å². The van der Waals surface area contributed by atoms with Gasteiger partial charge in [-0.3, -0.25) is 5.32 Å². The second-order valence-corrected chi connectivity index (χ2v) is 6.14. The minimum atomic E-state index is -3.78. The topological polar surface area (TPSA) is 101 Å². The predicted molar refractivity (Wildman–Crippen MR) is 74.8 cm³/mol. The summed E-state index contributed by atoms with van der Waals surface area (Å²) in [4.78, 5) is 11.6. The Morgan fingerprint density at radius 1 is 1.16 bits per heavy atom. The third-order valence-electron chi connectivity index (χ3n) is 2.18. The highest BCUT2D eigenvalue weighted by atomic mass is 32.2. The second-order valence-electron chi connectivity index (χ2n) is 3.63. The summed E-state index contributed by atoms with van der Waals surface area (Å²) in [5.74, 6) is 0. The number of rotatable bonds is 3. The number of primary sulfonamides is 1. The standard InChI is InChI=1S/C11H11N3O3S2/c12-19(16,17)9-4-1-3-8(7-9)13-11(15)14-10-5-2-6-18-10/h1-7H,(H2,12,16,17)(H2,13,14,15). The molecule has 1 heterocycles. The number of benzene rings is 1. The number of thiophene rings is 1. The van der Waals surface area contributed by atoms with Gasteiger partial charge in [0.15, 0.2) is 0 Å². The second kappa shape index (κ2) is 5.39. The third kappa shape index (κ3) is 3.78. The molecule has 0 saturated carbocycles. The summed E-state index contributed by atoms with van der Waals surface area (Å²) in [6.07, 6.45) is 0. The van der Waals surface area contributed by atoms with E-state index < -0.39 is 16.1 Å². The van der Waals surface area contributed by atoms with Crippen LogP contribution < -0.4 is 15.8 Å². The van der Waals surface area contributed by atoms with Crippen LogP contribution in [0.2, 0.25) is 0 Å². The summed E-state index contributed by atoms with van der Waals surface area (Å²) in [6, 6.07) is 8.84. The summed E-state index contributed by atoms with van der Waals surface area (Å²) in [5.41, 5.74) is 0.348. The van der Waals surface area contributed by atoms with E-state index >= 15 is 0 Å². The summed E-state index contributed by atoms with van der Waals surface area (Å²) in [7, 11) is -3.78. The van der Waals surface area contributed by atoms with Crippen molar-refractivity contribution in [1.29, 1.82) is 0 Å². The van der Waals surface area contributed by atoms with Crippen LogP contribution in [0.15, 0.2) is 46.7 Å². The first kappa shape index (κ1) is 13.5. The number of sulfonamides is 1. The van der Waals surface area contributed by atoms with Gasteiger partial charge in [0.25, 0.3) is 0 Å². The van der Waals surface area contributed by atoms with Gasteiger partial charge in [-0.1, -0.05) is 6.07 Å². The Labute approximate surface area is 114 Å². The molecule has 2 aromatic rings. The molecule has 0 unspecified atom stereocenters. The van der Waals surface area contributed by atoms with E-state index in [4.69, 9.17) is 5.14 Å². The number of anilines is 2. The molecule has 1 aromatic heterocycles. The maximum atomic E-state index is 11.6. The Morgan fingerprint density at radius 3 is 2.58 bits per heavy atom. The van der Waals surface area contributed by atoms with Gasteiger partial charge in [0.1, 0.15) is 0 Å². The molecule has 0 aliphatic rings. The normalized spacial score (nSPS) is 11.0. The minimum absolute atomic E-state index is 0.0542. The lowest BCUT2D eigenvalue weighted by Crippen LogP contribution is -2.19. The van der Waals surface area contributed by atoms with Gasteiger partial charge in [-0.2, -0.15) is 0 Å². The van der Waals surface area contributed by atoms with Gasteiger partial charge in [0.2, 0.25) is 10.0 Å². The summed E-state index contributed by atoms with van der Waals surface area (Å²) in [5, 5.41) is 12.7. The van der Waals surface area contributed by atoms with E-state index in [1.807, 2.05) is 11.4 Å². The molecule has 0 atom stereocenters. The first-order valence-corrected chi connectivity index (χ1v) is 7.62. The van der Waals surface area contributed by atoms with Crippen LogP contribution in [0.5, 0.6) is 0 Å². The maximum absolute atomic E-state index is 11.6. The Hall–Kier alpha value is -1.90. The molecule has 0 radical (unpaired) electrons. The van der Waals surface area contributed by atoms with Gasteiger partial charge in [-0.15, -0.1) is 11.3 Å². The molecular formula is C11H11N3O3S2. The van der Waals surface area contributed by atoms with Crippen LogP contribution in [-0.4, -0.2) is 14.4 Å². The van der Waals surface area contributed by atoms with Gasteiger partial charge in [0.05, 0.1) is 9.90 Å². The fraction of sp³-hybridized carbons (Fsp3) is 0. The highest BCUT2D eigenvalue weighted by Crippen LogP contribution is 2.17. The summed E-state index contributed by atoms with van der Waals surface area (Å²) >= 11 is 1.38. The molecule has 2 rings (SSSR count). The molecule has 100 valence electrons. The molecule has 0 fully saturated rings. The molecule has 2 amide bonds. The number of amides is 2. The Kier molecular flexibility index (Phi) is 3.84. The Bertz CT molecular complexity index is 681. The van der Waals surface area contributed by atoms with Gasteiger partial charge < -0.3 is 5.32 Å². The third-order valence-corrected chi connectivity index (χ3v) is 3.87. The number of carbonyl (C=O) groups is 1. The SMILES string of the molecule is NS(=O)(=O)c1cccc(NC(=O)Nc2cccs2)c1. The molecule has 6 nitrogen and oxygen atoms in total. The first-order valence-electron chi connectivity index (χ1n) is 5.19. The van der Waals surface area contributed by atoms with Crippen molar-refractivity contribution in [2.75, 3.05) is 10.6 Å². The van der Waals surface area contributed by atoms with E-state index in [1.165, 1.54) is 29.5 Å². The van der Waals surface area contributed by atoms with E-state index in [0.717, 1.165) is 0 Å². The Morgan fingerprint density at radius 2 is 1.95 bits per heavy atom. The molecule has 0 aliphatic carbocycles. The van der Waals surface area contributed by atoms with Crippen molar-refractivity contribution in [3.05, 3.63) is 41.8 Å². The lowest BCUT2D eigenvalue weighted by molar-refractivity contribution is 0.262. The van der Waals surface area contributed by atoms with Crippen molar-refractivity contribution in [1.82, 2.24) is 0 Å². The summed E-state index contributed by atoms with van der Waals surface area (Å²) < 4.78 is 22.4. The van der Waals surface area contributed by atoms with Crippen molar-refractivity contribution in [3.63, 3.8) is 0 Å². The molecule has 0 bridgehead atoms. The fourth-order valence-corrected chi connectivity index (χ4v) is 2.55. The van der Waals surface area contributed by atoms with Crippen LogP contribution in [0.1, 0.15) is 0 Å². The fourth-order valence-electron chi connectivity index (χ4n) is 1.37. The van der Waals surface area contributed by atoms with E-state index in [0.29, 0.717) is 10.7 Å². The molecule has 4 N–H and O–H groups in total. The average Bonchev–Trinajstić information content (AvgIpc) is 2.80. The maximum Gasteiger partial charge on any atom is 0.324 e. The van der Waals surface area contributed by atoms with Crippen LogP contribution in [0, 0.1) is 0 Å². The molecule has 0 spiro atoms. The highest BCUT2D eigenvalue weighted by Gasteiger charge is 2.09. The predicted octanol–water partition coefficient (Wildman–Crippen LogP) is 2.04. The number of carbonyl (C=O) groups excluding carboxylic acids is 1. The number of nitrogens with two attached hydrogens (primary N) is 1. The van der Waals surface area contributed by atoms with Gasteiger partial charge in [-0.25, -0.2) is 18.4 Å². The van der Waals surface area contributed by atoms with E-state index in [2.05, 4.69) is 10.6 Å². The van der Waals surface area contributed by atoms with E-state index in [9.17, 15) is 13.2 Å². The van der Waals surface area contributed by atoms with E-state index in [-0.39, 0.29) is 4.90 Å². The van der Waals surface area contributed by atoms with Crippen molar-refractivity contribution < 1.29 is 13.2 Å². The zero-order valence-corrected chi connectivity index (χ0v) is 11.3. The average molecular weight is 297 g/mol. The molecule has 0 saturated heterocycles. The highest BCUT2D eigenvalue weighted by molar-refractivity contribution is 7.89. The molecular weight excluding hydrogens is 286 g/mol. The zero-order valence-electron chi connectivity index (χ0n) is 9.66. The van der Waals surface area contributed by atoms with Crippen molar-refractivity contribution >= 4 is 38.1 Å². The van der Waals surface area contributed by atoms with Crippen LogP contribution in [0.25, 0.3) is 0 Å². The first-order chi connectivity index (χ1) is 8.95. The van der Waals surface area contributed by atoms with E-state index in [1.54, 1.807) is 12.1 Å². The number of hydrogen-bond donors (Lipinski definition) is 3. The number of nitrogens with one attached hydrogen (secondary N) is 2. The number of hydrogen-bond acceptors (Lipinski definition) is 4. The smallest absolute Gasteiger partial charge is 0.308 e. The summed E-state index contributed by atoms with van der Waals surface area (Å²) in [6.45, 7) is 0. The van der Waals surface area contributed by atoms with Crippen molar-refractivity contribution in [2.45, 2.75) is 4.90 Å². The quantitative estimate of drug-likeness (QED) is 0.808. The minimum Gasteiger partial charge on any atom is -0.308 e. The lowest BCUT2D eigenvalue weighted by atomic mass is 10.3. The lowest BCUT2D eigenvalue weighted by Gasteiger charge is -2.07. The Balaban J connectivity index is 2.09.